The van der Waals surface area contributed by atoms with Gasteiger partial charge in [-0.25, -0.2) is 17.9 Å². The lowest BCUT2D eigenvalue weighted by atomic mass is 10.2. The van der Waals surface area contributed by atoms with Gasteiger partial charge in [-0.1, -0.05) is 41.2 Å². The molecule has 0 spiro atoms. The number of amides is 2. The Morgan fingerprint density at radius 1 is 1.08 bits per heavy atom. The molecule has 2 aromatic carbocycles. The van der Waals surface area contributed by atoms with E-state index < -0.39 is 21.6 Å². The van der Waals surface area contributed by atoms with Gasteiger partial charge in [-0.2, -0.15) is 4.98 Å². The summed E-state index contributed by atoms with van der Waals surface area (Å²) in [4.78, 5) is 27.6. The zero-order valence-electron chi connectivity index (χ0n) is 13.0. The third kappa shape index (κ3) is 3.83. The Bertz CT molecular complexity index is 1110. The van der Waals surface area contributed by atoms with Crippen LogP contribution < -0.4 is 15.6 Å². The monoisotopic (exact) mass is 375 g/mol. The van der Waals surface area contributed by atoms with Crippen LogP contribution in [0.15, 0.2) is 58.2 Å². The van der Waals surface area contributed by atoms with Gasteiger partial charge in [-0.3, -0.25) is 10.1 Å². The van der Waals surface area contributed by atoms with Crippen LogP contribution >= 0.6 is 11.3 Å². The summed E-state index contributed by atoms with van der Waals surface area (Å²) in [6, 6.07) is 11.9. The highest BCUT2D eigenvalue weighted by atomic mass is 32.2. The van der Waals surface area contributed by atoms with Crippen LogP contribution in [0, 0.1) is 6.92 Å². The molecule has 2 amide bonds. The van der Waals surface area contributed by atoms with Crippen molar-refractivity contribution in [2.45, 2.75) is 11.8 Å². The maximum Gasteiger partial charge on any atom is 0.334 e. The van der Waals surface area contributed by atoms with Crippen molar-refractivity contribution in [3.8, 4) is 0 Å². The number of nitrogens with one attached hydrogen (secondary N) is 2. The zero-order valence-corrected chi connectivity index (χ0v) is 14.6. The predicted molar refractivity (Wildman–Crippen MR) is 96.4 cm³/mol. The molecule has 128 valence electrons. The smallest absolute Gasteiger partial charge is 0.283 e. The first-order valence-corrected chi connectivity index (χ1v) is 9.45. The van der Waals surface area contributed by atoms with Crippen molar-refractivity contribution in [3.63, 3.8) is 0 Å². The van der Waals surface area contributed by atoms with Crippen LogP contribution in [-0.2, 0) is 10.0 Å². The number of carbonyl (C=O) groups is 1. The van der Waals surface area contributed by atoms with Gasteiger partial charge in [0.05, 0.1) is 10.3 Å². The van der Waals surface area contributed by atoms with E-state index in [0.29, 0.717) is 10.1 Å². The summed E-state index contributed by atoms with van der Waals surface area (Å²) in [5.74, 6) is 0. The number of aryl methyl sites for hydroxylation is 1. The Hall–Kier alpha value is -2.78. The highest BCUT2D eigenvalue weighted by molar-refractivity contribution is 7.90. The van der Waals surface area contributed by atoms with Crippen molar-refractivity contribution < 1.29 is 13.2 Å². The lowest BCUT2D eigenvalue weighted by Gasteiger charge is -2.08. The quantitative estimate of drug-likeness (QED) is 0.732. The van der Waals surface area contributed by atoms with Crippen molar-refractivity contribution in [2.75, 3.05) is 5.32 Å². The Kier molecular flexibility index (Phi) is 4.51. The molecule has 0 saturated heterocycles. The highest BCUT2D eigenvalue weighted by Gasteiger charge is 2.18. The third-order valence-electron chi connectivity index (χ3n) is 3.31. The second-order valence-electron chi connectivity index (χ2n) is 5.19. The number of anilines is 1. The number of hydrogen-bond donors (Lipinski definition) is 2. The number of nitrogens with zero attached hydrogens (tertiary/aromatic N) is 1. The number of hydrogen-bond acceptors (Lipinski definition) is 6. The summed E-state index contributed by atoms with van der Waals surface area (Å²) in [6.45, 7) is 1.82. The van der Waals surface area contributed by atoms with Crippen LogP contribution in [0.2, 0.25) is 0 Å². The molecule has 0 aliphatic carbocycles. The Labute approximate surface area is 147 Å². The van der Waals surface area contributed by atoms with Crippen LogP contribution in [0.3, 0.4) is 0 Å². The molecule has 0 unspecified atom stereocenters. The second kappa shape index (κ2) is 6.61. The fourth-order valence-electron chi connectivity index (χ4n) is 2.09. The molecule has 0 fully saturated rings. The van der Waals surface area contributed by atoms with Gasteiger partial charge < -0.3 is 0 Å². The van der Waals surface area contributed by atoms with E-state index in [0.717, 1.165) is 16.9 Å². The van der Waals surface area contributed by atoms with Crippen LogP contribution in [-0.4, -0.2) is 19.4 Å². The molecule has 3 rings (SSSR count). The van der Waals surface area contributed by atoms with Gasteiger partial charge >= 0.3 is 6.03 Å². The number of rotatable bonds is 3. The van der Waals surface area contributed by atoms with Gasteiger partial charge in [0.2, 0.25) is 0 Å². The maximum absolute atomic E-state index is 12.2. The molecule has 0 bridgehead atoms. The third-order valence-corrected chi connectivity index (χ3v) is 5.62. The van der Waals surface area contributed by atoms with Gasteiger partial charge in [-0.05, 0) is 31.2 Å². The maximum atomic E-state index is 12.2. The predicted octanol–water partition coefficient (Wildman–Crippen LogP) is 2.48. The van der Waals surface area contributed by atoms with Crippen LogP contribution in [0.5, 0.6) is 0 Å². The summed E-state index contributed by atoms with van der Waals surface area (Å²) >= 11 is 1.08. The minimum absolute atomic E-state index is 0.0142. The second-order valence-corrected chi connectivity index (χ2v) is 7.91. The van der Waals surface area contributed by atoms with Crippen molar-refractivity contribution in [1.82, 2.24) is 9.71 Å². The number of fused-ring (bicyclic) bond motifs is 1. The van der Waals surface area contributed by atoms with Gasteiger partial charge in [0, 0.05) is 4.70 Å². The number of aromatic nitrogens is 1. The number of urea groups is 1. The van der Waals surface area contributed by atoms with E-state index in [1.165, 1.54) is 12.1 Å². The molecule has 0 saturated carbocycles. The minimum atomic E-state index is -4.01. The minimum Gasteiger partial charge on any atom is -0.283 e. The van der Waals surface area contributed by atoms with E-state index in [9.17, 15) is 18.0 Å². The molecule has 0 aliphatic heterocycles. The van der Waals surface area contributed by atoms with Crippen molar-refractivity contribution in [2.24, 2.45) is 0 Å². The van der Waals surface area contributed by atoms with Gasteiger partial charge in [-0.15, -0.1) is 0 Å². The van der Waals surface area contributed by atoms with Crippen LogP contribution in [0.4, 0.5) is 9.93 Å². The molecular formula is C16H13N3O4S2. The molecule has 1 aromatic heterocycles. The first-order valence-electron chi connectivity index (χ1n) is 7.15. The molecule has 0 atom stereocenters. The molecule has 1 heterocycles. The molecule has 3 aromatic rings. The standard InChI is InChI=1S/C16H13N3O4S2/c1-10-6-8-11(9-7-10)25(22,23)19-15(21)18-16-17-14(20)12-4-2-3-5-13(12)24-16/h2-9H,1H3,(H2,17,18,19,20,21). The van der Waals surface area contributed by atoms with Crippen molar-refractivity contribution in [3.05, 3.63) is 64.4 Å². The summed E-state index contributed by atoms with van der Waals surface area (Å²) in [5.41, 5.74) is 0.402. The van der Waals surface area contributed by atoms with Crippen LogP contribution in [0.25, 0.3) is 10.1 Å². The van der Waals surface area contributed by atoms with Crippen LogP contribution in [0.1, 0.15) is 5.56 Å². The van der Waals surface area contributed by atoms with E-state index in [2.05, 4.69) is 10.3 Å². The summed E-state index contributed by atoms with van der Waals surface area (Å²) < 4.78 is 26.9. The highest BCUT2D eigenvalue weighted by Crippen LogP contribution is 2.20. The van der Waals surface area contributed by atoms with E-state index in [1.54, 1.807) is 36.4 Å². The van der Waals surface area contributed by atoms with E-state index in [-0.39, 0.29) is 10.0 Å². The lowest BCUT2D eigenvalue weighted by Crippen LogP contribution is -2.34. The topological polar surface area (TPSA) is 105 Å². The van der Waals surface area contributed by atoms with E-state index in [1.807, 2.05) is 11.6 Å². The molecule has 0 aliphatic rings. The molecule has 25 heavy (non-hydrogen) atoms. The van der Waals surface area contributed by atoms with Crippen molar-refractivity contribution in [1.29, 1.82) is 0 Å². The molecule has 0 radical (unpaired) electrons. The van der Waals surface area contributed by atoms with E-state index >= 15 is 0 Å². The normalized spacial score (nSPS) is 11.2. The molecule has 9 heteroatoms. The number of sulfonamides is 1. The fraction of sp³-hybridized carbons (Fsp3) is 0.0625. The Morgan fingerprint density at radius 2 is 1.76 bits per heavy atom. The van der Waals surface area contributed by atoms with Gasteiger partial charge in [0.1, 0.15) is 0 Å². The fourth-order valence-corrected chi connectivity index (χ4v) is 3.89. The largest absolute Gasteiger partial charge is 0.334 e. The van der Waals surface area contributed by atoms with E-state index in [4.69, 9.17) is 0 Å². The molecule has 7 nitrogen and oxygen atoms in total. The summed E-state index contributed by atoms with van der Waals surface area (Å²) in [5, 5.41) is 2.74. The average Bonchev–Trinajstić information content (AvgIpc) is 2.54. The first kappa shape index (κ1) is 17.1. The first-order chi connectivity index (χ1) is 11.8. The van der Waals surface area contributed by atoms with Crippen molar-refractivity contribution >= 4 is 42.6 Å². The lowest BCUT2D eigenvalue weighted by molar-refractivity contribution is 0.256. The summed E-state index contributed by atoms with van der Waals surface area (Å²) in [6.07, 6.45) is 0. The number of carbonyl (C=O) groups excluding carboxylic acids is 1. The Morgan fingerprint density at radius 3 is 2.48 bits per heavy atom. The van der Waals surface area contributed by atoms with Gasteiger partial charge in [0.25, 0.3) is 15.6 Å². The number of benzene rings is 2. The average molecular weight is 375 g/mol. The Balaban J connectivity index is 1.81. The molecular weight excluding hydrogens is 362 g/mol. The zero-order chi connectivity index (χ0) is 18.0. The summed E-state index contributed by atoms with van der Waals surface area (Å²) in [7, 11) is -4.01. The SMILES string of the molecule is Cc1ccc(S(=O)(=O)NC(=O)Nc2nc(=O)c3ccccc3s2)cc1. The molecule has 2 N–H and O–H groups in total. The van der Waals surface area contributed by atoms with Gasteiger partial charge in [0.15, 0.2) is 5.13 Å².